The fourth-order valence-corrected chi connectivity index (χ4v) is 3.38. The lowest BCUT2D eigenvalue weighted by Crippen LogP contribution is -2.51. The highest BCUT2D eigenvalue weighted by atomic mass is 32.1. The van der Waals surface area contributed by atoms with Crippen LogP contribution in [0.4, 0.5) is 0 Å². The van der Waals surface area contributed by atoms with Crippen LogP contribution in [0, 0.1) is 6.92 Å². The molecule has 0 amide bonds. The molecule has 2 heterocycles. The van der Waals surface area contributed by atoms with Crippen LogP contribution in [0.15, 0.2) is 5.38 Å². The lowest BCUT2D eigenvalue weighted by molar-refractivity contribution is 0.104. The maximum absolute atomic E-state index is 6.27. The largest absolute Gasteiger partial charge is 0.327 e. The van der Waals surface area contributed by atoms with Gasteiger partial charge in [0.05, 0.1) is 5.01 Å². The van der Waals surface area contributed by atoms with Gasteiger partial charge in [-0.15, -0.1) is 11.3 Å². The van der Waals surface area contributed by atoms with Crippen molar-refractivity contribution in [3.8, 4) is 0 Å². The second-order valence-corrected chi connectivity index (χ2v) is 6.42. The van der Waals surface area contributed by atoms with E-state index >= 15 is 0 Å². The van der Waals surface area contributed by atoms with Crippen LogP contribution >= 0.6 is 11.3 Å². The standard InChI is InChI=1S/C13H24N4S/c1-10-9-18-13(15-10)7-11(14)6-12-8-16(2)4-5-17(12)3/h9,11-12H,4-8,14H2,1-3H3. The Hall–Kier alpha value is -0.490. The summed E-state index contributed by atoms with van der Waals surface area (Å²) in [5.41, 5.74) is 7.38. The molecule has 102 valence electrons. The van der Waals surface area contributed by atoms with Gasteiger partial charge in [0.25, 0.3) is 0 Å². The summed E-state index contributed by atoms with van der Waals surface area (Å²) in [6.45, 7) is 5.47. The zero-order valence-corrected chi connectivity index (χ0v) is 12.4. The Labute approximate surface area is 114 Å². The van der Waals surface area contributed by atoms with Crippen LogP contribution in [0.2, 0.25) is 0 Å². The number of rotatable bonds is 4. The van der Waals surface area contributed by atoms with Crippen LogP contribution in [-0.4, -0.2) is 60.6 Å². The SMILES string of the molecule is Cc1csc(CC(N)CC2CN(C)CCN2C)n1. The first-order chi connectivity index (χ1) is 8.54. The number of thiazole rings is 1. The molecular formula is C13H24N4S. The summed E-state index contributed by atoms with van der Waals surface area (Å²) < 4.78 is 0. The maximum atomic E-state index is 6.27. The number of aryl methyl sites for hydroxylation is 1. The van der Waals surface area contributed by atoms with Crippen molar-refractivity contribution in [2.45, 2.75) is 31.8 Å². The molecule has 18 heavy (non-hydrogen) atoms. The van der Waals surface area contributed by atoms with E-state index in [4.69, 9.17) is 5.73 Å². The van der Waals surface area contributed by atoms with Gasteiger partial charge < -0.3 is 15.5 Å². The summed E-state index contributed by atoms with van der Waals surface area (Å²) in [5, 5.41) is 3.27. The van der Waals surface area contributed by atoms with Crippen molar-refractivity contribution in [3.05, 3.63) is 16.1 Å². The predicted molar refractivity (Wildman–Crippen MR) is 77.1 cm³/mol. The van der Waals surface area contributed by atoms with Crippen molar-refractivity contribution in [1.82, 2.24) is 14.8 Å². The minimum Gasteiger partial charge on any atom is -0.327 e. The highest BCUT2D eigenvalue weighted by Gasteiger charge is 2.24. The summed E-state index contributed by atoms with van der Waals surface area (Å²) in [4.78, 5) is 9.32. The molecule has 2 N–H and O–H groups in total. The van der Waals surface area contributed by atoms with Crippen molar-refractivity contribution in [2.24, 2.45) is 5.73 Å². The highest BCUT2D eigenvalue weighted by molar-refractivity contribution is 7.09. The Bertz CT molecular complexity index is 379. The topological polar surface area (TPSA) is 45.4 Å². The van der Waals surface area contributed by atoms with Gasteiger partial charge in [0.15, 0.2) is 0 Å². The molecule has 1 aliphatic heterocycles. The van der Waals surface area contributed by atoms with Crippen molar-refractivity contribution in [2.75, 3.05) is 33.7 Å². The first-order valence-electron chi connectivity index (χ1n) is 6.60. The Morgan fingerprint density at radius 3 is 2.94 bits per heavy atom. The van der Waals surface area contributed by atoms with Crippen molar-refractivity contribution >= 4 is 11.3 Å². The smallest absolute Gasteiger partial charge is 0.0943 e. The van der Waals surface area contributed by atoms with Gasteiger partial charge in [0.1, 0.15) is 0 Å². The average molecular weight is 268 g/mol. The summed E-state index contributed by atoms with van der Waals surface area (Å²) in [6, 6.07) is 0.800. The Morgan fingerprint density at radius 2 is 2.28 bits per heavy atom. The molecule has 1 saturated heterocycles. The van der Waals surface area contributed by atoms with Gasteiger partial charge >= 0.3 is 0 Å². The number of hydrogen-bond donors (Lipinski definition) is 1. The Balaban J connectivity index is 1.84. The van der Waals surface area contributed by atoms with Crippen LogP contribution in [-0.2, 0) is 6.42 Å². The molecule has 0 aromatic carbocycles. The molecule has 2 unspecified atom stereocenters. The number of nitrogens with two attached hydrogens (primary N) is 1. The molecule has 0 radical (unpaired) electrons. The van der Waals surface area contributed by atoms with Gasteiger partial charge in [-0.1, -0.05) is 0 Å². The Morgan fingerprint density at radius 1 is 1.50 bits per heavy atom. The number of nitrogens with zero attached hydrogens (tertiary/aromatic N) is 3. The van der Waals surface area contributed by atoms with Crippen molar-refractivity contribution in [3.63, 3.8) is 0 Å². The Kier molecular flexibility index (Phi) is 4.72. The van der Waals surface area contributed by atoms with Gasteiger partial charge in [0, 0.05) is 49.2 Å². The van der Waals surface area contributed by atoms with E-state index < -0.39 is 0 Å². The third-order valence-electron chi connectivity index (χ3n) is 3.66. The molecule has 1 aromatic rings. The van der Waals surface area contributed by atoms with E-state index in [1.54, 1.807) is 11.3 Å². The minimum atomic E-state index is 0.217. The van der Waals surface area contributed by atoms with E-state index in [0.29, 0.717) is 6.04 Å². The lowest BCUT2D eigenvalue weighted by atomic mass is 10.0. The molecule has 1 fully saturated rings. The van der Waals surface area contributed by atoms with E-state index in [1.165, 1.54) is 5.01 Å². The lowest BCUT2D eigenvalue weighted by Gasteiger charge is -2.38. The molecule has 0 aliphatic carbocycles. The molecule has 2 rings (SSSR count). The zero-order valence-electron chi connectivity index (χ0n) is 11.6. The van der Waals surface area contributed by atoms with E-state index in [0.717, 1.165) is 38.2 Å². The normalized spacial score (nSPS) is 24.3. The number of likely N-dealkylation sites (N-methyl/N-ethyl adjacent to an activating group) is 2. The molecule has 4 nitrogen and oxygen atoms in total. The van der Waals surface area contributed by atoms with Gasteiger partial charge in [0.2, 0.25) is 0 Å². The van der Waals surface area contributed by atoms with Gasteiger partial charge in [-0.2, -0.15) is 0 Å². The second-order valence-electron chi connectivity index (χ2n) is 5.48. The van der Waals surface area contributed by atoms with Crippen LogP contribution in [0.3, 0.4) is 0 Å². The fraction of sp³-hybridized carbons (Fsp3) is 0.769. The molecule has 1 aliphatic rings. The highest BCUT2D eigenvalue weighted by Crippen LogP contribution is 2.15. The summed E-state index contributed by atoms with van der Waals surface area (Å²) in [7, 11) is 4.40. The van der Waals surface area contributed by atoms with E-state index in [-0.39, 0.29) is 6.04 Å². The molecule has 5 heteroatoms. The third kappa shape index (κ3) is 3.75. The van der Waals surface area contributed by atoms with Crippen LogP contribution in [0.5, 0.6) is 0 Å². The molecular weight excluding hydrogens is 244 g/mol. The number of aromatic nitrogens is 1. The second kappa shape index (κ2) is 6.10. The van der Waals surface area contributed by atoms with Gasteiger partial charge in [-0.25, -0.2) is 4.98 Å². The number of piperazine rings is 1. The van der Waals surface area contributed by atoms with E-state index in [2.05, 4.69) is 34.3 Å². The van der Waals surface area contributed by atoms with Crippen LogP contribution in [0.25, 0.3) is 0 Å². The molecule has 2 atom stereocenters. The number of hydrogen-bond acceptors (Lipinski definition) is 5. The van der Waals surface area contributed by atoms with Crippen LogP contribution in [0.1, 0.15) is 17.1 Å². The molecule has 0 bridgehead atoms. The predicted octanol–water partition coefficient (Wildman–Crippen LogP) is 0.957. The fourth-order valence-electron chi connectivity index (χ4n) is 2.51. The monoisotopic (exact) mass is 268 g/mol. The van der Waals surface area contributed by atoms with Gasteiger partial charge in [-0.3, -0.25) is 0 Å². The first kappa shape index (κ1) is 13.9. The average Bonchev–Trinajstić information content (AvgIpc) is 2.69. The van der Waals surface area contributed by atoms with E-state index in [9.17, 15) is 0 Å². The first-order valence-corrected chi connectivity index (χ1v) is 7.48. The van der Waals surface area contributed by atoms with Crippen LogP contribution < -0.4 is 5.73 Å². The van der Waals surface area contributed by atoms with Crippen molar-refractivity contribution in [1.29, 1.82) is 0 Å². The molecule has 1 aromatic heterocycles. The quantitative estimate of drug-likeness (QED) is 0.883. The molecule has 0 saturated carbocycles. The minimum absolute atomic E-state index is 0.217. The van der Waals surface area contributed by atoms with E-state index in [1.807, 2.05) is 6.92 Å². The van der Waals surface area contributed by atoms with Gasteiger partial charge in [-0.05, 0) is 27.4 Å². The summed E-state index contributed by atoms with van der Waals surface area (Å²) in [6.07, 6.45) is 1.96. The van der Waals surface area contributed by atoms with Crippen molar-refractivity contribution < 1.29 is 0 Å². The summed E-state index contributed by atoms with van der Waals surface area (Å²) in [5.74, 6) is 0. The summed E-state index contributed by atoms with van der Waals surface area (Å²) >= 11 is 1.73. The third-order valence-corrected chi connectivity index (χ3v) is 4.65. The zero-order chi connectivity index (χ0) is 13.1. The maximum Gasteiger partial charge on any atom is 0.0943 e. The molecule has 0 spiro atoms.